The van der Waals surface area contributed by atoms with Gasteiger partial charge in [0.25, 0.3) is 0 Å². The topological polar surface area (TPSA) is 42.1 Å². The summed E-state index contributed by atoms with van der Waals surface area (Å²) in [5, 5.41) is 0.715. The maximum atomic E-state index is 6.25. The summed E-state index contributed by atoms with van der Waals surface area (Å²) < 4.78 is 0.970. The van der Waals surface area contributed by atoms with Gasteiger partial charge in [-0.05, 0) is 49.3 Å². The Morgan fingerprint density at radius 1 is 1.38 bits per heavy atom. The molecule has 0 saturated heterocycles. The number of nitrogens with two attached hydrogens (primary N) is 1. The Morgan fingerprint density at radius 2 is 2.19 bits per heavy atom. The van der Waals surface area contributed by atoms with Crippen LogP contribution in [-0.2, 0) is 6.54 Å². The average molecular weight is 369 g/mol. The Bertz CT molecular complexity index is 577. The van der Waals surface area contributed by atoms with Crippen LogP contribution < -0.4 is 5.73 Å². The molecular weight excluding hydrogens is 350 g/mol. The van der Waals surface area contributed by atoms with E-state index in [0.29, 0.717) is 5.02 Å². The van der Waals surface area contributed by atoms with Crippen LogP contribution in [0.25, 0.3) is 0 Å². The van der Waals surface area contributed by atoms with E-state index >= 15 is 0 Å². The number of benzene rings is 1. The third-order valence-electron chi connectivity index (χ3n) is 3.36. The van der Waals surface area contributed by atoms with E-state index in [4.69, 9.17) is 17.3 Å². The van der Waals surface area contributed by atoms with Crippen LogP contribution in [0.4, 0.5) is 0 Å². The Hall–Kier alpha value is -0.940. The zero-order valence-corrected chi connectivity index (χ0v) is 14.3. The van der Waals surface area contributed by atoms with Gasteiger partial charge in [-0.2, -0.15) is 0 Å². The summed E-state index contributed by atoms with van der Waals surface area (Å²) in [6, 6.07) is 9.82. The van der Waals surface area contributed by atoms with Crippen molar-refractivity contribution in [3.8, 4) is 0 Å². The second-order valence-electron chi connectivity index (χ2n) is 5.16. The Morgan fingerprint density at radius 3 is 2.86 bits per heavy atom. The lowest BCUT2D eigenvalue weighted by Crippen LogP contribution is -2.23. The van der Waals surface area contributed by atoms with Crippen LogP contribution in [-0.4, -0.2) is 23.5 Å². The first-order valence-electron chi connectivity index (χ1n) is 6.84. The lowest BCUT2D eigenvalue weighted by Gasteiger charge is -2.20. The van der Waals surface area contributed by atoms with Gasteiger partial charge in [0.1, 0.15) is 0 Å². The van der Waals surface area contributed by atoms with Gasteiger partial charge in [-0.15, -0.1) is 0 Å². The summed E-state index contributed by atoms with van der Waals surface area (Å²) in [6.07, 6.45) is 4.54. The number of rotatable bonds is 6. The summed E-state index contributed by atoms with van der Waals surface area (Å²) >= 11 is 9.64. The van der Waals surface area contributed by atoms with E-state index in [9.17, 15) is 0 Å². The van der Waals surface area contributed by atoms with Crippen molar-refractivity contribution < 1.29 is 0 Å². The zero-order valence-electron chi connectivity index (χ0n) is 12.0. The summed E-state index contributed by atoms with van der Waals surface area (Å²) in [5.41, 5.74) is 8.45. The van der Waals surface area contributed by atoms with Gasteiger partial charge < -0.3 is 10.6 Å². The largest absolute Gasteiger partial charge is 0.324 e. The third-order valence-corrected chi connectivity index (χ3v) is 4.18. The predicted molar refractivity (Wildman–Crippen MR) is 91.3 cm³/mol. The van der Waals surface area contributed by atoms with Gasteiger partial charge in [0.05, 0.1) is 0 Å². The molecule has 1 aromatic heterocycles. The van der Waals surface area contributed by atoms with Crippen molar-refractivity contribution in [3.05, 3.63) is 63.3 Å². The van der Waals surface area contributed by atoms with Gasteiger partial charge in [-0.25, -0.2) is 0 Å². The van der Waals surface area contributed by atoms with Crippen LogP contribution in [0.1, 0.15) is 23.6 Å². The second kappa shape index (κ2) is 7.90. The number of pyridine rings is 1. The van der Waals surface area contributed by atoms with Gasteiger partial charge >= 0.3 is 0 Å². The molecular formula is C16H19BrClN3. The fourth-order valence-corrected chi connectivity index (χ4v) is 3.01. The molecule has 21 heavy (non-hydrogen) atoms. The molecule has 0 saturated carbocycles. The van der Waals surface area contributed by atoms with Crippen molar-refractivity contribution in [1.29, 1.82) is 0 Å². The molecule has 0 aliphatic rings. The first-order chi connectivity index (χ1) is 10.1. The van der Waals surface area contributed by atoms with Crippen LogP contribution in [0.2, 0.25) is 5.02 Å². The third kappa shape index (κ3) is 5.08. The average Bonchev–Trinajstić information content (AvgIpc) is 2.46. The van der Waals surface area contributed by atoms with E-state index in [1.807, 2.05) is 30.5 Å². The van der Waals surface area contributed by atoms with Crippen molar-refractivity contribution in [3.63, 3.8) is 0 Å². The summed E-state index contributed by atoms with van der Waals surface area (Å²) in [4.78, 5) is 6.37. The minimum atomic E-state index is -0.0538. The number of halogens is 2. The van der Waals surface area contributed by atoms with Crippen molar-refractivity contribution in [2.24, 2.45) is 5.73 Å². The van der Waals surface area contributed by atoms with Crippen molar-refractivity contribution >= 4 is 27.5 Å². The van der Waals surface area contributed by atoms with E-state index < -0.39 is 0 Å². The standard InChI is InChI=1S/C16H19BrClN3/c1-21(11-12-3-2-7-20-10-12)8-6-16(19)14-5-4-13(17)9-15(14)18/h2-5,7,9-10,16H,6,8,11,19H2,1H3. The minimum Gasteiger partial charge on any atom is -0.324 e. The van der Waals surface area contributed by atoms with Crippen LogP contribution in [0.15, 0.2) is 47.2 Å². The van der Waals surface area contributed by atoms with E-state index in [-0.39, 0.29) is 6.04 Å². The predicted octanol–water partition coefficient (Wildman–Crippen LogP) is 4.02. The smallest absolute Gasteiger partial charge is 0.0464 e. The highest BCUT2D eigenvalue weighted by Crippen LogP contribution is 2.27. The summed E-state index contributed by atoms with van der Waals surface area (Å²) in [7, 11) is 2.09. The maximum absolute atomic E-state index is 6.25. The van der Waals surface area contributed by atoms with Gasteiger partial charge in [-0.3, -0.25) is 4.98 Å². The highest BCUT2D eigenvalue weighted by atomic mass is 79.9. The molecule has 0 radical (unpaired) electrons. The first kappa shape index (κ1) is 16.4. The Balaban J connectivity index is 1.87. The van der Waals surface area contributed by atoms with E-state index in [1.165, 1.54) is 5.56 Å². The van der Waals surface area contributed by atoms with Crippen LogP contribution in [0.3, 0.4) is 0 Å². The molecule has 1 atom stereocenters. The molecule has 2 rings (SSSR count). The molecule has 112 valence electrons. The maximum Gasteiger partial charge on any atom is 0.0464 e. The molecule has 2 N–H and O–H groups in total. The lowest BCUT2D eigenvalue weighted by atomic mass is 10.0. The second-order valence-corrected chi connectivity index (χ2v) is 6.48. The molecule has 0 fully saturated rings. The fourth-order valence-electron chi connectivity index (χ4n) is 2.20. The molecule has 0 aliphatic heterocycles. The van der Waals surface area contributed by atoms with Crippen molar-refractivity contribution in [2.75, 3.05) is 13.6 Å². The quantitative estimate of drug-likeness (QED) is 0.837. The van der Waals surface area contributed by atoms with Crippen LogP contribution >= 0.6 is 27.5 Å². The zero-order chi connectivity index (χ0) is 15.2. The highest BCUT2D eigenvalue weighted by molar-refractivity contribution is 9.10. The first-order valence-corrected chi connectivity index (χ1v) is 8.01. The molecule has 2 aromatic rings. The van der Waals surface area contributed by atoms with Gasteiger partial charge in [0, 0.05) is 34.5 Å². The van der Waals surface area contributed by atoms with Gasteiger partial charge in [-0.1, -0.05) is 39.7 Å². The Kier molecular flexibility index (Phi) is 6.18. The minimum absolute atomic E-state index is 0.0538. The molecule has 3 nitrogen and oxygen atoms in total. The van der Waals surface area contributed by atoms with Crippen molar-refractivity contribution in [1.82, 2.24) is 9.88 Å². The van der Waals surface area contributed by atoms with Crippen LogP contribution in [0.5, 0.6) is 0 Å². The molecule has 0 spiro atoms. The number of nitrogens with zero attached hydrogens (tertiary/aromatic N) is 2. The fraction of sp³-hybridized carbons (Fsp3) is 0.312. The summed E-state index contributed by atoms with van der Waals surface area (Å²) in [5.74, 6) is 0. The number of hydrogen-bond donors (Lipinski definition) is 1. The molecule has 0 amide bonds. The summed E-state index contributed by atoms with van der Waals surface area (Å²) in [6.45, 7) is 1.77. The van der Waals surface area contributed by atoms with Crippen LogP contribution in [0, 0.1) is 0 Å². The molecule has 0 bridgehead atoms. The molecule has 1 heterocycles. The van der Waals surface area contributed by atoms with E-state index in [1.54, 1.807) is 6.20 Å². The molecule has 5 heteroatoms. The van der Waals surface area contributed by atoms with Gasteiger partial charge in [0.2, 0.25) is 0 Å². The highest BCUT2D eigenvalue weighted by Gasteiger charge is 2.11. The Labute approximate surface area is 139 Å². The normalized spacial score (nSPS) is 12.6. The lowest BCUT2D eigenvalue weighted by molar-refractivity contribution is 0.311. The van der Waals surface area contributed by atoms with E-state index in [2.05, 4.69) is 38.9 Å². The molecule has 1 unspecified atom stereocenters. The monoisotopic (exact) mass is 367 g/mol. The molecule has 1 aromatic carbocycles. The molecule has 0 aliphatic carbocycles. The van der Waals surface area contributed by atoms with E-state index in [0.717, 1.165) is 29.5 Å². The number of hydrogen-bond acceptors (Lipinski definition) is 3. The van der Waals surface area contributed by atoms with Crippen molar-refractivity contribution in [2.45, 2.75) is 19.0 Å². The number of aromatic nitrogens is 1. The SMILES string of the molecule is CN(CCC(N)c1ccc(Br)cc1Cl)Cc1cccnc1. The van der Waals surface area contributed by atoms with Gasteiger partial charge in [0.15, 0.2) is 0 Å².